The van der Waals surface area contributed by atoms with Gasteiger partial charge in [-0.1, -0.05) is 6.07 Å². The molecule has 0 radical (unpaired) electrons. The Bertz CT molecular complexity index is 1120. The first kappa shape index (κ1) is 20.5. The SMILES string of the molecule is CCOC(=O)c1cnn(-c2ccc(C(=O)N(C)Cc3ccc4c(c3)OCO4)cc2)c1C. The lowest BCUT2D eigenvalue weighted by molar-refractivity contribution is 0.0525. The average molecular weight is 421 g/mol. The van der Waals surface area contributed by atoms with Gasteiger partial charge in [-0.15, -0.1) is 0 Å². The van der Waals surface area contributed by atoms with Crippen LogP contribution in [-0.2, 0) is 11.3 Å². The largest absolute Gasteiger partial charge is 0.462 e. The number of carbonyl (C=O) groups is 2. The Morgan fingerprint density at radius 2 is 1.87 bits per heavy atom. The third-order valence-electron chi connectivity index (χ3n) is 5.07. The molecule has 3 aromatic rings. The number of hydrogen-bond acceptors (Lipinski definition) is 6. The van der Waals surface area contributed by atoms with Crippen LogP contribution in [-0.4, -0.2) is 47.0 Å². The second-order valence-electron chi connectivity index (χ2n) is 7.17. The van der Waals surface area contributed by atoms with Crippen LogP contribution in [0.15, 0.2) is 48.7 Å². The van der Waals surface area contributed by atoms with Gasteiger partial charge in [-0.05, 0) is 55.8 Å². The Morgan fingerprint density at radius 3 is 2.61 bits per heavy atom. The lowest BCUT2D eigenvalue weighted by atomic mass is 10.1. The van der Waals surface area contributed by atoms with Crippen molar-refractivity contribution in [2.24, 2.45) is 0 Å². The molecule has 4 rings (SSSR count). The number of benzene rings is 2. The van der Waals surface area contributed by atoms with Gasteiger partial charge in [0.05, 0.1) is 24.2 Å². The van der Waals surface area contributed by atoms with Crippen LogP contribution in [0.1, 0.15) is 38.9 Å². The lowest BCUT2D eigenvalue weighted by Crippen LogP contribution is -2.26. The average Bonchev–Trinajstić information content (AvgIpc) is 3.39. The van der Waals surface area contributed by atoms with Crippen LogP contribution in [0.2, 0.25) is 0 Å². The van der Waals surface area contributed by atoms with Crippen LogP contribution < -0.4 is 9.47 Å². The molecule has 2 heterocycles. The van der Waals surface area contributed by atoms with E-state index in [0.717, 1.165) is 11.3 Å². The quantitative estimate of drug-likeness (QED) is 0.568. The van der Waals surface area contributed by atoms with Crippen molar-refractivity contribution >= 4 is 11.9 Å². The van der Waals surface area contributed by atoms with Gasteiger partial charge in [0.1, 0.15) is 5.56 Å². The van der Waals surface area contributed by atoms with Crippen LogP contribution in [0.4, 0.5) is 0 Å². The summed E-state index contributed by atoms with van der Waals surface area (Å²) in [5.74, 6) is 0.907. The Labute approximate surface area is 179 Å². The van der Waals surface area contributed by atoms with Crippen molar-refractivity contribution < 1.29 is 23.8 Å². The van der Waals surface area contributed by atoms with Gasteiger partial charge in [0.15, 0.2) is 11.5 Å². The van der Waals surface area contributed by atoms with E-state index >= 15 is 0 Å². The molecule has 0 atom stereocenters. The zero-order valence-corrected chi connectivity index (χ0v) is 17.6. The molecule has 2 aromatic carbocycles. The number of carbonyl (C=O) groups excluding carboxylic acids is 2. The molecule has 0 spiro atoms. The van der Waals surface area contributed by atoms with Crippen molar-refractivity contribution in [3.63, 3.8) is 0 Å². The summed E-state index contributed by atoms with van der Waals surface area (Å²) in [6.07, 6.45) is 1.49. The van der Waals surface area contributed by atoms with E-state index in [2.05, 4.69) is 5.10 Å². The second kappa shape index (κ2) is 8.51. The van der Waals surface area contributed by atoms with E-state index in [1.165, 1.54) is 6.20 Å². The van der Waals surface area contributed by atoms with Crippen molar-refractivity contribution in [2.45, 2.75) is 20.4 Å². The molecule has 1 aliphatic rings. The van der Waals surface area contributed by atoms with Crippen LogP contribution in [0.25, 0.3) is 5.69 Å². The van der Waals surface area contributed by atoms with E-state index in [0.29, 0.717) is 41.5 Å². The number of hydrogen-bond donors (Lipinski definition) is 0. The number of esters is 1. The lowest BCUT2D eigenvalue weighted by Gasteiger charge is -2.18. The van der Waals surface area contributed by atoms with Gasteiger partial charge in [0, 0.05) is 19.2 Å². The smallest absolute Gasteiger partial charge is 0.341 e. The van der Waals surface area contributed by atoms with E-state index in [1.54, 1.807) is 54.7 Å². The topological polar surface area (TPSA) is 82.9 Å². The minimum Gasteiger partial charge on any atom is -0.462 e. The van der Waals surface area contributed by atoms with Crippen molar-refractivity contribution in [1.82, 2.24) is 14.7 Å². The van der Waals surface area contributed by atoms with Crippen molar-refractivity contribution in [2.75, 3.05) is 20.4 Å². The number of aromatic nitrogens is 2. The minimum absolute atomic E-state index is 0.103. The van der Waals surface area contributed by atoms with E-state index in [4.69, 9.17) is 14.2 Å². The van der Waals surface area contributed by atoms with Gasteiger partial charge in [-0.25, -0.2) is 9.48 Å². The van der Waals surface area contributed by atoms with Crippen LogP contribution >= 0.6 is 0 Å². The summed E-state index contributed by atoms with van der Waals surface area (Å²) in [5, 5.41) is 4.28. The third kappa shape index (κ3) is 4.09. The van der Waals surface area contributed by atoms with E-state index in [1.807, 2.05) is 18.2 Å². The number of amides is 1. The second-order valence-corrected chi connectivity index (χ2v) is 7.17. The summed E-state index contributed by atoms with van der Waals surface area (Å²) < 4.78 is 17.4. The Kier molecular flexibility index (Phi) is 5.62. The summed E-state index contributed by atoms with van der Waals surface area (Å²) >= 11 is 0. The van der Waals surface area contributed by atoms with Gasteiger partial charge in [-0.2, -0.15) is 5.10 Å². The third-order valence-corrected chi connectivity index (χ3v) is 5.07. The molecule has 0 unspecified atom stereocenters. The molecule has 31 heavy (non-hydrogen) atoms. The highest BCUT2D eigenvalue weighted by atomic mass is 16.7. The zero-order valence-electron chi connectivity index (χ0n) is 17.6. The summed E-state index contributed by atoms with van der Waals surface area (Å²) in [7, 11) is 1.75. The van der Waals surface area contributed by atoms with Crippen LogP contribution in [0.3, 0.4) is 0 Å². The van der Waals surface area contributed by atoms with Crippen molar-refractivity contribution in [3.8, 4) is 17.2 Å². The number of fused-ring (bicyclic) bond motifs is 1. The molecule has 8 heteroatoms. The first-order chi connectivity index (χ1) is 15.0. The molecule has 160 valence electrons. The fraction of sp³-hybridized carbons (Fsp3) is 0.261. The van der Waals surface area contributed by atoms with E-state index < -0.39 is 5.97 Å². The molecule has 0 aliphatic carbocycles. The first-order valence-electron chi connectivity index (χ1n) is 9.94. The summed E-state index contributed by atoms with van der Waals surface area (Å²) in [6, 6.07) is 12.8. The predicted octanol–water partition coefficient (Wildman–Crippen LogP) is 3.36. The van der Waals surface area contributed by atoms with Gasteiger partial charge < -0.3 is 19.1 Å². The van der Waals surface area contributed by atoms with Crippen LogP contribution in [0, 0.1) is 6.92 Å². The van der Waals surface area contributed by atoms with E-state index in [-0.39, 0.29) is 12.7 Å². The number of rotatable bonds is 6. The first-order valence-corrected chi connectivity index (χ1v) is 9.94. The number of ether oxygens (including phenoxy) is 3. The van der Waals surface area contributed by atoms with Gasteiger partial charge >= 0.3 is 5.97 Å². The highest BCUT2D eigenvalue weighted by Gasteiger charge is 2.18. The maximum Gasteiger partial charge on any atom is 0.341 e. The van der Waals surface area contributed by atoms with E-state index in [9.17, 15) is 9.59 Å². The molecular formula is C23H23N3O5. The highest BCUT2D eigenvalue weighted by molar-refractivity contribution is 5.94. The van der Waals surface area contributed by atoms with Crippen molar-refractivity contribution in [3.05, 3.63) is 71.0 Å². The molecule has 0 bridgehead atoms. The monoisotopic (exact) mass is 421 g/mol. The minimum atomic E-state index is -0.400. The predicted molar refractivity (Wildman–Crippen MR) is 113 cm³/mol. The molecule has 0 saturated heterocycles. The molecule has 0 saturated carbocycles. The summed E-state index contributed by atoms with van der Waals surface area (Å²) in [4.78, 5) is 26.5. The molecular weight excluding hydrogens is 398 g/mol. The maximum absolute atomic E-state index is 12.8. The zero-order chi connectivity index (χ0) is 22.0. The Hall–Kier alpha value is -3.81. The standard InChI is InChI=1S/C23H23N3O5/c1-4-29-23(28)19-12-24-26(15(19)2)18-8-6-17(7-9-18)22(27)25(3)13-16-5-10-20-21(11-16)31-14-30-20/h5-12H,4,13-14H2,1-3H3. The number of nitrogens with zero attached hydrogens (tertiary/aromatic N) is 3. The normalized spacial score (nSPS) is 12.0. The van der Waals surface area contributed by atoms with Crippen molar-refractivity contribution in [1.29, 1.82) is 0 Å². The molecule has 0 N–H and O–H groups in total. The fourth-order valence-electron chi connectivity index (χ4n) is 3.43. The van der Waals surface area contributed by atoms with Gasteiger partial charge in [-0.3, -0.25) is 4.79 Å². The summed E-state index contributed by atoms with van der Waals surface area (Å²) in [5.41, 5.74) is 3.36. The Balaban J connectivity index is 1.46. The molecule has 1 amide bonds. The Morgan fingerprint density at radius 1 is 1.13 bits per heavy atom. The molecule has 0 fully saturated rings. The molecule has 1 aromatic heterocycles. The fourth-order valence-corrected chi connectivity index (χ4v) is 3.43. The van der Waals surface area contributed by atoms with Gasteiger partial charge in [0.2, 0.25) is 6.79 Å². The highest BCUT2D eigenvalue weighted by Crippen LogP contribution is 2.32. The van der Waals surface area contributed by atoms with Gasteiger partial charge in [0.25, 0.3) is 5.91 Å². The molecule has 8 nitrogen and oxygen atoms in total. The van der Waals surface area contributed by atoms with Crippen LogP contribution in [0.5, 0.6) is 11.5 Å². The maximum atomic E-state index is 12.8. The molecule has 1 aliphatic heterocycles. The summed E-state index contributed by atoms with van der Waals surface area (Å²) in [6.45, 7) is 4.53.